The molecule has 0 aliphatic carbocycles. The van der Waals surface area contributed by atoms with Gasteiger partial charge in [0.1, 0.15) is 0 Å². The molecule has 120 valence electrons. The van der Waals surface area contributed by atoms with Gasteiger partial charge in [0.05, 0.1) is 16.8 Å². The summed E-state index contributed by atoms with van der Waals surface area (Å²) in [5.41, 5.74) is 2.18. The third-order valence-corrected chi connectivity index (χ3v) is 6.20. The van der Waals surface area contributed by atoms with Gasteiger partial charge in [-0.15, -0.1) is 0 Å². The van der Waals surface area contributed by atoms with Gasteiger partial charge in [-0.25, -0.2) is 12.4 Å². The molecule has 0 aliphatic rings. The minimum absolute atomic E-state index is 0.0336. The molecule has 0 saturated heterocycles. The maximum absolute atomic E-state index is 13.1. The van der Waals surface area contributed by atoms with E-state index in [1.807, 2.05) is 72.8 Å². The number of nitrogens with zero attached hydrogens (tertiary/aromatic N) is 1. The Morgan fingerprint density at radius 1 is 0.792 bits per heavy atom. The molecule has 0 amide bonds. The lowest BCUT2D eigenvalue weighted by atomic mass is 10.2. The standard InChI is InChI=1S/C19H14BrNO2S/c20-15-10-11-17-16-8-4-5-9-18(16)21(19(17)12-15)24(22,23)13-14-6-2-1-3-7-14/h1-12H,13H2. The van der Waals surface area contributed by atoms with E-state index in [0.29, 0.717) is 11.0 Å². The molecule has 0 spiro atoms. The molecule has 3 nitrogen and oxygen atoms in total. The van der Waals surface area contributed by atoms with Crippen molar-refractivity contribution in [2.45, 2.75) is 5.75 Å². The van der Waals surface area contributed by atoms with Crippen LogP contribution in [0.15, 0.2) is 77.3 Å². The number of benzene rings is 3. The molecule has 1 aromatic heterocycles. The van der Waals surface area contributed by atoms with Crippen LogP contribution in [0.25, 0.3) is 21.8 Å². The number of halogens is 1. The second kappa shape index (κ2) is 5.76. The highest BCUT2D eigenvalue weighted by atomic mass is 79.9. The lowest BCUT2D eigenvalue weighted by molar-refractivity contribution is 0.589. The maximum Gasteiger partial charge on any atom is 0.243 e. The maximum atomic E-state index is 13.1. The molecule has 0 radical (unpaired) electrons. The zero-order valence-electron chi connectivity index (χ0n) is 12.7. The van der Waals surface area contributed by atoms with Gasteiger partial charge in [-0.05, 0) is 23.8 Å². The smallest absolute Gasteiger partial charge is 0.237 e. The molecule has 0 N–H and O–H groups in total. The number of aromatic nitrogens is 1. The Morgan fingerprint density at radius 3 is 2.25 bits per heavy atom. The number of fused-ring (bicyclic) bond motifs is 3. The Morgan fingerprint density at radius 2 is 1.46 bits per heavy atom. The van der Waals surface area contributed by atoms with Crippen LogP contribution in [-0.4, -0.2) is 12.4 Å². The van der Waals surface area contributed by atoms with Crippen LogP contribution in [0, 0.1) is 0 Å². The fourth-order valence-electron chi connectivity index (χ4n) is 3.06. The first-order valence-electron chi connectivity index (χ1n) is 7.52. The fourth-order valence-corrected chi connectivity index (χ4v) is 5.06. The van der Waals surface area contributed by atoms with Crippen molar-refractivity contribution in [3.8, 4) is 0 Å². The van der Waals surface area contributed by atoms with Gasteiger partial charge in [0.15, 0.2) is 0 Å². The van der Waals surface area contributed by atoms with Crippen molar-refractivity contribution in [1.29, 1.82) is 0 Å². The first-order chi connectivity index (χ1) is 11.6. The Balaban J connectivity index is 2.02. The van der Waals surface area contributed by atoms with Crippen LogP contribution in [-0.2, 0) is 15.8 Å². The van der Waals surface area contributed by atoms with Crippen molar-refractivity contribution in [2.75, 3.05) is 0 Å². The van der Waals surface area contributed by atoms with Gasteiger partial charge in [-0.2, -0.15) is 0 Å². The zero-order valence-corrected chi connectivity index (χ0v) is 15.1. The Kier molecular flexibility index (Phi) is 3.70. The topological polar surface area (TPSA) is 39.1 Å². The normalized spacial score (nSPS) is 12.0. The summed E-state index contributed by atoms with van der Waals surface area (Å²) >= 11 is 3.45. The highest BCUT2D eigenvalue weighted by Crippen LogP contribution is 2.32. The number of rotatable bonds is 3. The average Bonchev–Trinajstić information content (AvgIpc) is 2.89. The highest BCUT2D eigenvalue weighted by Gasteiger charge is 2.21. The third kappa shape index (κ3) is 2.54. The van der Waals surface area contributed by atoms with Crippen LogP contribution < -0.4 is 0 Å². The molecular formula is C19H14BrNO2S. The predicted octanol–water partition coefficient (Wildman–Crippen LogP) is 4.94. The van der Waals surface area contributed by atoms with Crippen molar-refractivity contribution < 1.29 is 8.42 Å². The van der Waals surface area contributed by atoms with Crippen LogP contribution in [0.2, 0.25) is 0 Å². The monoisotopic (exact) mass is 399 g/mol. The summed E-state index contributed by atoms with van der Waals surface area (Å²) in [6, 6.07) is 22.6. The summed E-state index contributed by atoms with van der Waals surface area (Å²) in [4.78, 5) is 0. The molecule has 24 heavy (non-hydrogen) atoms. The predicted molar refractivity (Wildman–Crippen MR) is 102 cm³/mol. The highest BCUT2D eigenvalue weighted by molar-refractivity contribution is 9.10. The van der Waals surface area contributed by atoms with Gasteiger partial charge in [-0.1, -0.05) is 70.5 Å². The largest absolute Gasteiger partial charge is 0.243 e. The third-order valence-electron chi connectivity index (χ3n) is 4.06. The summed E-state index contributed by atoms with van der Waals surface area (Å²) in [5, 5.41) is 1.88. The fraction of sp³-hybridized carbons (Fsp3) is 0.0526. The quantitative estimate of drug-likeness (QED) is 0.489. The van der Waals surface area contributed by atoms with E-state index in [1.165, 1.54) is 3.97 Å². The minimum atomic E-state index is -3.54. The molecule has 0 saturated carbocycles. The van der Waals surface area contributed by atoms with Crippen LogP contribution in [0.4, 0.5) is 0 Å². The molecule has 0 atom stereocenters. The van der Waals surface area contributed by atoms with Gasteiger partial charge < -0.3 is 0 Å². The van der Waals surface area contributed by atoms with Crippen molar-refractivity contribution >= 4 is 47.8 Å². The van der Waals surface area contributed by atoms with Crippen LogP contribution in [0.1, 0.15) is 5.56 Å². The molecule has 5 heteroatoms. The van der Waals surface area contributed by atoms with Crippen molar-refractivity contribution in [2.24, 2.45) is 0 Å². The van der Waals surface area contributed by atoms with E-state index < -0.39 is 10.0 Å². The summed E-state index contributed by atoms with van der Waals surface area (Å²) in [7, 11) is -3.54. The van der Waals surface area contributed by atoms with E-state index in [0.717, 1.165) is 20.8 Å². The molecular weight excluding hydrogens is 386 g/mol. The van der Waals surface area contributed by atoms with Crippen molar-refractivity contribution in [1.82, 2.24) is 3.97 Å². The molecule has 0 fully saturated rings. The van der Waals surface area contributed by atoms with Gasteiger partial charge in [-0.3, -0.25) is 0 Å². The van der Waals surface area contributed by atoms with Crippen molar-refractivity contribution in [3.63, 3.8) is 0 Å². The molecule has 4 rings (SSSR count). The van der Waals surface area contributed by atoms with Gasteiger partial charge in [0, 0.05) is 15.2 Å². The van der Waals surface area contributed by atoms with E-state index in [-0.39, 0.29) is 5.75 Å². The van der Waals surface area contributed by atoms with Gasteiger partial charge >= 0.3 is 0 Å². The second-order valence-electron chi connectivity index (χ2n) is 5.68. The number of hydrogen-bond donors (Lipinski definition) is 0. The molecule has 0 aliphatic heterocycles. The summed E-state index contributed by atoms with van der Waals surface area (Å²) in [6.45, 7) is 0. The Hall–Kier alpha value is -2.11. The molecule has 4 aromatic rings. The Labute approximate surface area is 148 Å². The molecule has 0 bridgehead atoms. The SMILES string of the molecule is O=S(=O)(Cc1ccccc1)n1c2ccccc2c2ccc(Br)cc21. The first kappa shape index (κ1) is 15.4. The van der Waals surface area contributed by atoms with E-state index >= 15 is 0 Å². The lowest BCUT2D eigenvalue weighted by Crippen LogP contribution is -2.14. The minimum Gasteiger partial charge on any atom is -0.237 e. The van der Waals surface area contributed by atoms with E-state index in [9.17, 15) is 8.42 Å². The first-order valence-corrected chi connectivity index (χ1v) is 9.92. The number of para-hydroxylation sites is 1. The summed E-state index contributed by atoms with van der Waals surface area (Å²) in [5.74, 6) is -0.0336. The molecule has 0 unspecified atom stereocenters. The van der Waals surface area contributed by atoms with Crippen LogP contribution in [0.3, 0.4) is 0 Å². The van der Waals surface area contributed by atoms with E-state index in [4.69, 9.17) is 0 Å². The van der Waals surface area contributed by atoms with Crippen LogP contribution in [0.5, 0.6) is 0 Å². The van der Waals surface area contributed by atoms with E-state index in [2.05, 4.69) is 15.9 Å². The number of hydrogen-bond acceptors (Lipinski definition) is 2. The Bertz CT molecular complexity index is 1150. The zero-order chi connectivity index (χ0) is 16.7. The van der Waals surface area contributed by atoms with Gasteiger partial charge in [0.25, 0.3) is 0 Å². The lowest BCUT2D eigenvalue weighted by Gasteiger charge is -2.09. The average molecular weight is 400 g/mol. The van der Waals surface area contributed by atoms with Crippen LogP contribution >= 0.6 is 15.9 Å². The van der Waals surface area contributed by atoms with Gasteiger partial charge in [0.2, 0.25) is 10.0 Å². The summed E-state index contributed by atoms with van der Waals surface area (Å²) in [6.07, 6.45) is 0. The van der Waals surface area contributed by atoms with E-state index in [1.54, 1.807) is 0 Å². The molecule has 1 heterocycles. The van der Waals surface area contributed by atoms with Crippen molar-refractivity contribution in [3.05, 3.63) is 82.8 Å². The molecule has 3 aromatic carbocycles. The summed E-state index contributed by atoms with van der Waals surface area (Å²) < 4.78 is 28.6. The second-order valence-corrected chi connectivity index (χ2v) is 8.42.